The van der Waals surface area contributed by atoms with Crippen molar-refractivity contribution >= 4 is 22.8 Å². The molecule has 0 amide bonds. The Morgan fingerprint density at radius 2 is 1.90 bits per heavy atom. The van der Waals surface area contributed by atoms with Gasteiger partial charge in [0.2, 0.25) is 0 Å². The normalized spacial score (nSPS) is 19.1. The molecule has 1 fully saturated rings. The van der Waals surface area contributed by atoms with Gasteiger partial charge in [0.25, 0.3) is 0 Å². The second kappa shape index (κ2) is 8.71. The number of aromatic nitrogens is 4. The van der Waals surface area contributed by atoms with Crippen LogP contribution in [-0.4, -0.2) is 57.8 Å². The van der Waals surface area contributed by atoms with Crippen LogP contribution in [0.15, 0.2) is 36.7 Å². The van der Waals surface area contributed by atoms with Crippen LogP contribution in [-0.2, 0) is 20.7 Å². The number of nitrogens with zero attached hydrogens (tertiary/aromatic N) is 5. The van der Waals surface area contributed by atoms with E-state index >= 15 is 0 Å². The van der Waals surface area contributed by atoms with Crippen LogP contribution in [0, 0.1) is 0 Å². The lowest BCUT2D eigenvalue weighted by Crippen LogP contribution is -2.45. The van der Waals surface area contributed by atoms with Crippen LogP contribution in [0.5, 0.6) is 0 Å². The Morgan fingerprint density at radius 3 is 2.67 bits per heavy atom. The lowest BCUT2D eigenvalue weighted by Gasteiger charge is -2.36. The van der Waals surface area contributed by atoms with Crippen LogP contribution >= 0.6 is 0 Å². The van der Waals surface area contributed by atoms with Crippen LogP contribution in [0.4, 0.5) is 5.82 Å². The van der Waals surface area contributed by atoms with Gasteiger partial charge in [-0.05, 0) is 32.0 Å². The summed E-state index contributed by atoms with van der Waals surface area (Å²) in [5, 5.41) is 0. The van der Waals surface area contributed by atoms with Crippen LogP contribution in [0.1, 0.15) is 26.5 Å². The Morgan fingerprint density at radius 1 is 1.10 bits per heavy atom. The molecule has 4 heterocycles. The third-order valence-corrected chi connectivity index (χ3v) is 4.89. The zero-order valence-corrected chi connectivity index (χ0v) is 17.4. The SMILES string of the molecule is CC(=O)OCCc1cc2nc(-c3cccc(N4C[C@@H](C)O[C@@H](C)C4)n3)cnc2cn1. The molecule has 1 saturated heterocycles. The lowest BCUT2D eigenvalue weighted by molar-refractivity contribution is -0.140. The van der Waals surface area contributed by atoms with Gasteiger partial charge in [-0.2, -0.15) is 0 Å². The minimum absolute atomic E-state index is 0.164. The molecule has 0 aliphatic carbocycles. The van der Waals surface area contributed by atoms with E-state index in [1.807, 2.05) is 24.3 Å². The van der Waals surface area contributed by atoms with Gasteiger partial charge in [0.15, 0.2) is 0 Å². The average Bonchev–Trinajstić information content (AvgIpc) is 2.72. The second-order valence-electron chi connectivity index (χ2n) is 7.55. The van der Waals surface area contributed by atoms with Gasteiger partial charge in [0.05, 0.1) is 42.4 Å². The van der Waals surface area contributed by atoms with E-state index in [4.69, 9.17) is 19.4 Å². The third kappa shape index (κ3) is 4.71. The molecule has 0 radical (unpaired) electrons. The lowest BCUT2D eigenvalue weighted by atomic mass is 10.2. The van der Waals surface area contributed by atoms with Crippen LogP contribution in [0.2, 0.25) is 0 Å². The summed E-state index contributed by atoms with van der Waals surface area (Å²) in [7, 11) is 0. The number of carbonyl (C=O) groups excluding carboxylic acids is 1. The summed E-state index contributed by atoms with van der Waals surface area (Å²) in [6.07, 6.45) is 4.27. The Hall–Kier alpha value is -3.13. The monoisotopic (exact) mass is 407 g/mol. The summed E-state index contributed by atoms with van der Waals surface area (Å²) in [5.74, 6) is 0.612. The van der Waals surface area contributed by atoms with Crippen LogP contribution in [0.3, 0.4) is 0 Å². The maximum absolute atomic E-state index is 10.9. The van der Waals surface area contributed by atoms with Gasteiger partial charge in [-0.15, -0.1) is 0 Å². The summed E-state index contributed by atoms with van der Waals surface area (Å²) in [6, 6.07) is 7.82. The number of rotatable bonds is 5. The second-order valence-corrected chi connectivity index (χ2v) is 7.55. The number of anilines is 1. The van der Waals surface area contributed by atoms with Crippen LogP contribution in [0.25, 0.3) is 22.4 Å². The van der Waals surface area contributed by atoms with Crippen molar-refractivity contribution in [1.82, 2.24) is 19.9 Å². The highest BCUT2D eigenvalue weighted by molar-refractivity contribution is 5.76. The van der Waals surface area contributed by atoms with Crippen molar-refractivity contribution in [2.45, 2.75) is 39.4 Å². The molecule has 0 bridgehead atoms. The maximum Gasteiger partial charge on any atom is 0.302 e. The highest BCUT2D eigenvalue weighted by Crippen LogP contribution is 2.23. The standard InChI is InChI=1S/C22H25N5O3/c1-14-12-27(13-15(2)30-14)22-6-4-5-18(26-22)21-11-24-20-10-23-17(9-19(20)25-21)7-8-29-16(3)28/h4-6,9-11,14-15H,7-8,12-13H2,1-3H3/t14-,15+. The first kappa shape index (κ1) is 20.2. The maximum atomic E-state index is 10.9. The molecule has 2 atom stereocenters. The zero-order chi connectivity index (χ0) is 21.1. The van der Waals surface area contributed by atoms with Crippen molar-refractivity contribution in [3.63, 3.8) is 0 Å². The number of hydrogen-bond donors (Lipinski definition) is 0. The molecule has 0 saturated carbocycles. The predicted octanol–water partition coefficient (Wildman–Crippen LogP) is 2.81. The molecule has 8 nitrogen and oxygen atoms in total. The minimum Gasteiger partial charge on any atom is -0.465 e. The van der Waals surface area contributed by atoms with Crippen molar-refractivity contribution in [2.24, 2.45) is 0 Å². The molecule has 0 spiro atoms. The number of esters is 1. The molecular formula is C22H25N5O3. The number of hydrogen-bond acceptors (Lipinski definition) is 8. The fourth-order valence-electron chi connectivity index (χ4n) is 3.62. The first-order valence-corrected chi connectivity index (χ1v) is 10.1. The number of morpholine rings is 1. The van der Waals surface area contributed by atoms with E-state index in [0.29, 0.717) is 24.2 Å². The van der Waals surface area contributed by atoms with E-state index in [2.05, 4.69) is 28.7 Å². The molecule has 0 N–H and O–H groups in total. The van der Waals surface area contributed by atoms with Gasteiger partial charge < -0.3 is 14.4 Å². The summed E-state index contributed by atoms with van der Waals surface area (Å²) >= 11 is 0. The van der Waals surface area contributed by atoms with Gasteiger partial charge in [0.1, 0.15) is 17.0 Å². The highest BCUT2D eigenvalue weighted by Gasteiger charge is 2.23. The number of ether oxygens (including phenoxy) is 2. The van der Waals surface area contributed by atoms with E-state index in [-0.39, 0.29) is 18.2 Å². The van der Waals surface area contributed by atoms with Gasteiger partial charge in [0, 0.05) is 32.1 Å². The summed E-state index contributed by atoms with van der Waals surface area (Å²) in [5.41, 5.74) is 3.72. The van der Waals surface area contributed by atoms with Crippen molar-refractivity contribution in [3.8, 4) is 11.4 Å². The first-order chi connectivity index (χ1) is 14.5. The summed E-state index contributed by atoms with van der Waals surface area (Å²) < 4.78 is 10.8. The van der Waals surface area contributed by atoms with Crippen molar-refractivity contribution in [3.05, 3.63) is 42.4 Å². The molecule has 8 heteroatoms. The van der Waals surface area contributed by atoms with E-state index < -0.39 is 0 Å². The van der Waals surface area contributed by atoms with Crippen molar-refractivity contribution in [2.75, 3.05) is 24.6 Å². The molecule has 1 aliphatic rings. The van der Waals surface area contributed by atoms with Gasteiger partial charge in [-0.25, -0.2) is 9.97 Å². The zero-order valence-electron chi connectivity index (χ0n) is 17.4. The molecule has 1 aliphatic heterocycles. The molecule has 0 unspecified atom stereocenters. The van der Waals surface area contributed by atoms with Crippen LogP contribution < -0.4 is 4.90 Å². The molecule has 30 heavy (non-hydrogen) atoms. The molecule has 0 aromatic carbocycles. The predicted molar refractivity (Wildman–Crippen MR) is 113 cm³/mol. The van der Waals surface area contributed by atoms with Crippen molar-refractivity contribution in [1.29, 1.82) is 0 Å². The van der Waals surface area contributed by atoms with E-state index in [0.717, 1.165) is 35.8 Å². The van der Waals surface area contributed by atoms with Crippen molar-refractivity contribution < 1.29 is 14.3 Å². The quantitative estimate of drug-likeness (QED) is 0.597. The minimum atomic E-state index is -0.298. The summed E-state index contributed by atoms with van der Waals surface area (Å²) in [4.78, 5) is 31.6. The Balaban J connectivity index is 1.58. The Labute approximate surface area is 175 Å². The molecule has 3 aromatic rings. The van der Waals surface area contributed by atoms with Gasteiger partial charge >= 0.3 is 5.97 Å². The Kier molecular flexibility index (Phi) is 5.85. The van der Waals surface area contributed by atoms with Gasteiger partial charge in [-0.3, -0.25) is 14.8 Å². The van der Waals surface area contributed by atoms with Gasteiger partial charge in [-0.1, -0.05) is 6.07 Å². The fraction of sp³-hybridized carbons (Fsp3) is 0.409. The molecular weight excluding hydrogens is 382 g/mol. The van der Waals surface area contributed by atoms with E-state index in [1.165, 1.54) is 6.92 Å². The first-order valence-electron chi connectivity index (χ1n) is 10.1. The highest BCUT2D eigenvalue weighted by atomic mass is 16.5. The fourth-order valence-corrected chi connectivity index (χ4v) is 3.62. The molecule has 156 valence electrons. The van der Waals surface area contributed by atoms with E-state index in [9.17, 15) is 4.79 Å². The number of carbonyl (C=O) groups is 1. The molecule has 3 aromatic heterocycles. The Bertz CT molecular complexity index is 1050. The van der Waals surface area contributed by atoms with E-state index in [1.54, 1.807) is 12.4 Å². The summed E-state index contributed by atoms with van der Waals surface area (Å²) in [6.45, 7) is 7.46. The largest absolute Gasteiger partial charge is 0.465 e. The number of fused-ring (bicyclic) bond motifs is 1. The average molecular weight is 407 g/mol. The molecule has 4 rings (SSSR count). The topological polar surface area (TPSA) is 90.3 Å². The number of pyridine rings is 2. The smallest absolute Gasteiger partial charge is 0.302 e. The third-order valence-electron chi connectivity index (χ3n) is 4.89.